The van der Waals surface area contributed by atoms with Gasteiger partial charge in [0.25, 0.3) is 0 Å². The first-order valence-electron chi connectivity index (χ1n) is 14.1. The van der Waals surface area contributed by atoms with Crippen LogP contribution in [-0.2, 0) is 27.5 Å². The predicted octanol–water partition coefficient (Wildman–Crippen LogP) is 4.75. The molecule has 1 saturated heterocycles. The van der Waals surface area contributed by atoms with Crippen LogP contribution in [0.15, 0.2) is 107 Å². The number of hydrogen-bond donors (Lipinski definition) is 1. The molecule has 216 valence electrons. The summed E-state index contributed by atoms with van der Waals surface area (Å²) in [7, 11) is -1.63. The third-order valence-electron chi connectivity index (χ3n) is 7.47. The zero-order valence-corrected chi connectivity index (χ0v) is 24.4. The van der Waals surface area contributed by atoms with E-state index in [1.807, 2.05) is 67.7 Å². The number of hydrogen-bond acceptors (Lipinski definition) is 5. The number of Topliss-reactive ketones (excluding diaryl/α,β-unsaturated/α-hetero) is 1. The Balaban J connectivity index is 1.52. The molecule has 0 bridgehead atoms. The average molecular weight is 574 g/mol. The van der Waals surface area contributed by atoms with Gasteiger partial charge < -0.3 is 15.1 Å². The number of aryl methyl sites for hydroxylation is 1. The smallest absolute Gasteiger partial charge is 0.318 e. The molecule has 1 fully saturated rings. The fraction of sp³-hybridized carbons (Fsp3) is 0.333. The number of nitrogens with one attached hydrogen (secondary N) is 1. The van der Waals surface area contributed by atoms with Crippen molar-refractivity contribution in [3.8, 4) is 0 Å². The molecular formula is C33H39N3O4S. The lowest BCUT2D eigenvalue weighted by atomic mass is 9.90. The second kappa shape index (κ2) is 14.8. The molecule has 2 atom stereocenters. The molecule has 8 heteroatoms. The van der Waals surface area contributed by atoms with Gasteiger partial charge in [-0.15, -0.1) is 0 Å². The number of carbonyl (C=O) groups excluding carboxylic acids is 2. The van der Waals surface area contributed by atoms with Crippen LogP contribution in [0.5, 0.6) is 0 Å². The molecule has 2 amide bonds. The Labute approximate surface area is 243 Å². The van der Waals surface area contributed by atoms with Gasteiger partial charge in [0, 0.05) is 38.0 Å². The van der Waals surface area contributed by atoms with E-state index in [2.05, 4.69) is 10.2 Å². The summed E-state index contributed by atoms with van der Waals surface area (Å²) in [6.45, 7) is 2.78. The number of nitrogens with zero attached hydrogens (tertiary/aromatic N) is 2. The van der Waals surface area contributed by atoms with E-state index in [1.54, 1.807) is 41.3 Å². The molecule has 1 aliphatic rings. The molecule has 0 radical (unpaired) electrons. The molecule has 3 aromatic rings. The summed E-state index contributed by atoms with van der Waals surface area (Å²) in [6, 6.07) is 26.9. The van der Waals surface area contributed by atoms with Gasteiger partial charge in [0.15, 0.2) is 15.6 Å². The summed E-state index contributed by atoms with van der Waals surface area (Å²) in [5.41, 5.74) is 2.07. The Morgan fingerprint density at radius 1 is 0.829 bits per heavy atom. The van der Waals surface area contributed by atoms with E-state index in [-0.39, 0.29) is 29.0 Å². The monoisotopic (exact) mass is 573 g/mol. The minimum atomic E-state index is -3.65. The van der Waals surface area contributed by atoms with Crippen LogP contribution in [-0.4, -0.2) is 69.3 Å². The first kappa shape index (κ1) is 30.2. The van der Waals surface area contributed by atoms with Gasteiger partial charge >= 0.3 is 6.03 Å². The van der Waals surface area contributed by atoms with Crippen molar-refractivity contribution in [1.29, 1.82) is 0 Å². The van der Waals surface area contributed by atoms with Crippen molar-refractivity contribution >= 4 is 21.7 Å². The van der Waals surface area contributed by atoms with Gasteiger partial charge in [0.1, 0.15) is 0 Å². The van der Waals surface area contributed by atoms with Gasteiger partial charge in [-0.2, -0.15) is 0 Å². The number of ketones is 1. The van der Waals surface area contributed by atoms with Crippen LogP contribution in [0.1, 0.15) is 24.0 Å². The van der Waals surface area contributed by atoms with Gasteiger partial charge in [0.2, 0.25) is 0 Å². The largest absolute Gasteiger partial charge is 0.328 e. The van der Waals surface area contributed by atoms with Gasteiger partial charge in [0.05, 0.1) is 10.9 Å². The number of rotatable bonds is 12. The Bertz CT molecular complexity index is 1390. The molecule has 0 saturated carbocycles. The minimum Gasteiger partial charge on any atom is -0.328 e. The number of benzene rings is 3. The molecule has 0 unspecified atom stereocenters. The third-order valence-corrected chi connectivity index (χ3v) is 8.92. The van der Waals surface area contributed by atoms with Crippen LogP contribution in [0.25, 0.3) is 0 Å². The highest BCUT2D eigenvalue weighted by molar-refractivity contribution is 7.94. The van der Waals surface area contributed by atoms with Crippen molar-refractivity contribution in [3.05, 3.63) is 114 Å². The van der Waals surface area contributed by atoms with E-state index in [0.717, 1.165) is 24.2 Å². The van der Waals surface area contributed by atoms with Crippen LogP contribution in [0.4, 0.5) is 4.79 Å². The lowest BCUT2D eigenvalue weighted by molar-refractivity contribution is -0.121. The predicted molar refractivity (Wildman–Crippen MR) is 162 cm³/mol. The first-order valence-corrected chi connectivity index (χ1v) is 15.7. The molecular weight excluding hydrogens is 534 g/mol. The molecule has 1 aliphatic heterocycles. The van der Waals surface area contributed by atoms with E-state index in [1.165, 1.54) is 5.41 Å². The van der Waals surface area contributed by atoms with Gasteiger partial charge in [-0.1, -0.05) is 84.9 Å². The van der Waals surface area contributed by atoms with Crippen molar-refractivity contribution in [2.45, 2.75) is 36.6 Å². The highest BCUT2D eigenvalue weighted by Gasteiger charge is 2.27. The van der Waals surface area contributed by atoms with Crippen LogP contribution in [0, 0.1) is 5.92 Å². The summed E-state index contributed by atoms with van der Waals surface area (Å²) in [5, 5.41) is 4.23. The Morgan fingerprint density at radius 2 is 1.39 bits per heavy atom. The summed E-state index contributed by atoms with van der Waals surface area (Å²) in [4.78, 5) is 31.1. The van der Waals surface area contributed by atoms with Crippen LogP contribution >= 0.6 is 0 Å². The second-order valence-corrected chi connectivity index (χ2v) is 12.5. The fourth-order valence-corrected chi connectivity index (χ4v) is 6.03. The molecule has 7 nitrogen and oxygen atoms in total. The first-order chi connectivity index (χ1) is 19.8. The summed E-state index contributed by atoms with van der Waals surface area (Å²) in [6.07, 6.45) is 3.43. The minimum absolute atomic E-state index is 0.115. The Morgan fingerprint density at radius 3 is 2.00 bits per heavy atom. The standard InChI is InChI=1S/C33H39N3O4S/c1-35-20-22-36(23-21-35)33(38)34-31(25-28-13-7-3-8-14-28)32(37)26-29(18-17-27-11-5-2-6-12-27)19-24-41(39,40)30-15-9-4-10-16-30/h2-16,19,24,29,31H,17-18,20-23,25-26H2,1H3,(H,34,38)/b24-19+/t29-,31-/m0/s1. The third kappa shape index (κ3) is 9.40. The number of urea groups is 1. The lowest BCUT2D eigenvalue weighted by Crippen LogP contribution is -2.54. The number of likely N-dealkylation sites (N-methyl/N-ethyl adjacent to an activating group) is 1. The van der Waals surface area contributed by atoms with Crippen molar-refractivity contribution in [3.63, 3.8) is 0 Å². The number of amides is 2. The molecule has 4 rings (SSSR count). The Hall–Kier alpha value is -3.75. The van der Waals surface area contributed by atoms with Crippen molar-refractivity contribution in [2.75, 3.05) is 33.2 Å². The van der Waals surface area contributed by atoms with E-state index >= 15 is 0 Å². The molecule has 3 aromatic carbocycles. The molecule has 0 aromatic heterocycles. The van der Waals surface area contributed by atoms with E-state index in [9.17, 15) is 18.0 Å². The SMILES string of the molecule is CN1CCN(C(=O)N[C@@H](Cc2ccccc2)C(=O)C[C@H](/C=C/S(=O)(=O)c2ccccc2)CCc2ccccc2)CC1. The fourth-order valence-electron chi connectivity index (χ4n) is 4.91. The van der Waals surface area contributed by atoms with Gasteiger partial charge in [-0.25, -0.2) is 13.2 Å². The highest BCUT2D eigenvalue weighted by atomic mass is 32.2. The van der Waals surface area contributed by atoms with Crippen molar-refractivity contribution in [2.24, 2.45) is 5.92 Å². The zero-order valence-electron chi connectivity index (χ0n) is 23.6. The zero-order chi connectivity index (χ0) is 29.1. The number of allylic oxidation sites excluding steroid dienone is 1. The molecule has 1 N–H and O–H groups in total. The van der Waals surface area contributed by atoms with Crippen LogP contribution < -0.4 is 5.32 Å². The number of carbonyl (C=O) groups is 2. The second-order valence-electron chi connectivity index (χ2n) is 10.6. The maximum atomic E-state index is 13.8. The van der Waals surface area contributed by atoms with Gasteiger partial charge in [-0.3, -0.25) is 4.79 Å². The van der Waals surface area contributed by atoms with Gasteiger partial charge in [-0.05, 0) is 55.5 Å². The average Bonchev–Trinajstić information content (AvgIpc) is 3.00. The molecule has 41 heavy (non-hydrogen) atoms. The summed E-state index contributed by atoms with van der Waals surface area (Å²) in [5.74, 6) is -0.434. The Kier molecular flexibility index (Phi) is 10.9. The van der Waals surface area contributed by atoms with Crippen molar-refractivity contribution < 1.29 is 18.0 Å². The summed E-state index contributed by atoms with van der Waals surface area (Å²) >= 11 is 0. The van der Waals surface area contributed by atoms with Crippen molar-refractivity contribution in [1.82, 2.24) is 15.1 Å². The number of piperazine rings is 1. The maximum Gasteiger partial charge on any atom is 0.318 e. The maximum absolute atomic E-state index is 13.8. The van der Waals surface area contributed by atoms with Crippen LogP contribution in [0.3, 0.4) is 0 Å². The van der Waals surface area contributed by atoms with E-state index < -0.39 is 15.9 Å². The molecule has 0 spiro atoms. The topological polar surface area (TPSA) is 86.8 Å². The highest BCUT2D eigenvalue weighted by Crippen LogP contribution is 2.20. The van der Waals surface area contributed by atoms with E-state index in [0.29, 0.717) is 32.4 Å². The lowest BCUT2D eigenvalue weighted by Gasteiger charge is -2.33. The van der Waals surface area contributed by atoms with E-state index in [4.69, 9.17) is 0 Å². The quantitative estimate of drug-likeness (QED) is 0.338. The summed E-state index contributed by atoms with van der Waals surface area (Å²) < 4.78 is 26.0. The molecule has 1 heterocycles. The number of sulfone groups is 1. The normalized spacial score (nSPS) is 15.9. The molecule has 0 aliphatic carbocycles. The van der Waals surface area contributed by atoms with Crippen LogP contribution in [0.2, 0.25) is 0 Å².